The highest BCUT2D eigenvalue weighted by atomic mass is 16.6. The number of carbonyl (C=O) groups is 1. The molecule has 0 aliphatic carbocycles. The quantitative estimate of drug-likeness (QED) is 0.448. The number of hydrogen-bond donors (Lipinski definition) is 0. The number of nitrogens with zero attached hydrogens (tertiary/aromatic N) is 3. The lowest BCUT2D eigenvalue weighted by molar-refractivity contribution is -0.394. The highest BCUT2D eigenvalue weighted by Gasteiger charge is 2.34. The Kier molecular flexibility index (Phi) is 5.46. The van der Waals surface area contributed by atoms with Gasteiger partial charge in [-0.05, 0) is 44.8 Å². The second-order valence-corrected chi connectivity index (χ2v) is 6.82. The molecule has 140 valence electrons. The van der Waals surface area contributed by atoms with Gasteiger partial charge in [0.25, 0.3) is 11.4 Å². The molecule has 1 aromatic rings. The first kappa shape index (κ1) is 18.2. The zero-order valence-electron chi connectivity index (χ0n) is 14.3. The smallest absolute Gasteiger partial charge is 0.345 e. The summed E-state index contributed by atoms with van der Waals surface area (Å²) < 4.78 is 5.37. The van der Waals surface area contributed by atoms with Gasteiger partial charge in [0.1, 0.15) is 5.56 Å². The van der Waals surface area contributed by atoms with Crippen LogP contribution in [0, 0.1) is 26.1 Å². The van der Waals surface area contributed by atoms with Crippen LogP contribution in [-0.2, 0) is 4.74 Å². The lowest BCUT2D eigenvalue weighted by atomic mass is 9.84. The molecule has 3 rings (SSSR count). The molecule has 9 nitrogen and oxygen atoms in total. The molecular formula is C17H21N3O6. The van der Waals surface area contributed by atoms with Crippen LogP contribution in [0.5, 0.6) is 0 Å². The van der Waals surface area contributed by atoms with Crippen molar-refractivity contribution in [2.45, 2.75) is 38.1 Å². The molecule has 0 N–H and O–H groups in total. The van der Waals surface area contributed by atoms with Crippen molar-refractivity contribution in [2.24, 2.45) is 5.92 Å². The minimum atomic E-state index is -0.806. The molecule has 0 amide bonds. The van der Waals surface area contributed by atoms with Crippen LogP contribution in [0.2, 0.25) is 0 Å². The van der Waals surface area contributed by atoms with Crippen molar-refractivity contribution in [3.8, 4) is 0 Å². The zero-order chi connectivity index (χ0) is 18.7. The standard InChI is InChI=1S/C17H21N3O6/c21-17(14-7-6-13(19(22)23)10-16(14)20(24)25)26-11-12-4-3-9-18-8-2-1-5-15(12)18/h6-7,10,12,15H,1-5,8-9,11H2/t12-,15+/m1/s1. The van der Waals surface area contributed by atoms with Gasteiger partial charge in [-0.25, -0.2) is 4.79 Å². The Balaban J connectivity index is 1.70. The van der Waals surface area contributed by atoms with E-state index < -0.39 is 27.2 Å². The van der Waals surface area contributed by atoms with E-state index in [1.54, 1.807) is 0 Å². The number of rotatable bonds is 5. The molecule has 2 saturated heterocycles. The summed E-state index contributed by atoms with van der Waals surface area (Å²) in [6.45, 7) is 2.36. The van der Waals surface area contributed by atoms with E-state index in [1.165, 1.54) is 12.8 Å². The largest absolute Gasteiger partial charge is 0.462 e. The minimum Gasteiger partial charge on any atom is -0.462 e. The van der Waals surface area contributed by atoms with Crippen LogP contribution in [0.4, 0.5) is 11.4 Å². The Bertz CT molecular complexity index is 720. The summed E-state index contributed by atoms with van der Waals surface area (Å²) in [6.07, 6.45) is 5.46. The van der Waals surface area contributed by atoms with E-state index in [2.05, 4.69) is 4.90 Å². The van der Waals surface area contributed by atoms with Gasteiger partial charge in [0.15, 0.2) is 0 Å². The topological polar surface area (TPSA) is 116 Å². The van der Waals surface area contributed by atoms with E-state index in [1.807, 2.05) is 0 Å². The molecule has 2 fully saturated rings. The molecule has 2 atom stereocenters. The molecule has 0 aromatic heterocycles. The van der Waals surface area contributed by atoms with Crippen molar-refractivity contribution >= 4 is 17.3 Å². The molecule has 2 aliphatic rings. The lowest BCUT2D eigenvalue weighted by Gasteiger charge is -2.44. The van der Waals surface area contributed by atoms with Gasteiger partial charge < -0.3 is 4.74 Å². The van der Waals surface area contributed by atoms with Crippen LogP contribution in [0.25, 0.3) is 0 Å². The zero-order valence-corrected chi connectivity index (χ0v) is 14.3. The summed E-state index contributed by atoms with van der Waals surface area (Å²) in [7, 11) is 0. The maximum Gasteiger partial charge on any atom is 0.345 e. The molecule has 0 bridgehead atoms. The molecule has 2 heterocycles. The average Bonchev–Trinajstić information content (AvgIpc) is 2.65. The number of benzene rings is 1. The van der Waals surface area contributed by atoms with Crippen molar-refractivity contribution in [3.63, 3.8) is 0 Å². The monoisotopic (exact) mass is 363 g/mol. The van der Waals surface area contributed by atoms with Gasteiger partial charge in [0.05, 0.1) is 22.5 Å². The number of piperidine rings is 2. The average molecular weight is 363 g/mol. The van der Waals surface area contributed by atoms with Gasteiger partial charge in [-0.15, -0.1) is 0 Å². The fourth-order valence-corrected chi connectivity index (χ4v) is 3.99. The number of hydrogen-bond acceptors (Lipinski definition) is 7. The summed E-state index contributed by atoms with van der Waals surface area (Å²) in [5.74, 6) is -0.579. The molecule has 9 heteroatoms. The van der Waals surface area contributed by atoms with Gasteiger partial charge in [0, 0.05) is 18.0 Å². The molecule has 26 heavy (non-hydrogen) atoms. The Labute approximate surface area is 150 Å². The number of fused-ring (bicyclic) bond motifs is 1. The summed E-state index contributed by atoms with van der Waals surface area (Å²) in [4.78, 5) is 35.2. The maximum absolute atomic E-state index is 12.3. The van der Waals surface area contributed by atoms with Crippen molar-refractivity contribution in [1.82, 2.24) is 4.90 Å². The van der Waals surface area contributed by atoms with E-state index in [0.29, 0.717) is 6.04 Å². The second kappa shape index (κ2) is 7.77. The van der Waals surface area contributed by atoms with Gasteiger partial charge in [0.2, 0.25) is 0 Å². The fraction of sp³-hybridized carbons (Fsp3) is 0.588. The Morgan fingerprint density at radius 3 is 2.62 bits per heavy atom. The SMILES string of the molecule is O=C(OC[C@H]1CCCN2CCCC[C@@H]12)c1ccc([N+](=O)[O-])cc1[N+](=O)[O-]. The maximum atomic E-state index is 12.3. The number of non-ortho nitro benzene ring substituents is 1. The van der Waals surface area contributed by atoms with Crippen LogP contribution >= 0.6 is 0 Å². The van der Waals surface area contributed by atoms with Crippen molar-refractivity contribution in [1.29, 1.82) is 0 Å². The van der Waals surface area contributed by atoms with E-state index in [0.717, 1.165) is 50.6 Å². The van der Waals surface area contributed by atoms with E-state index in [-0.39, 0.29) is 18.1 Å². The summed E-state index contributed by atoms with van der Waals surface area (Å²) >= 11 is 0. The van der Waals surface area contributed by atoms with Gasteiger partial charge in [-0.1, -0.05) is 6.42 Å². The predicted octanol–water partition coefficient (Wildman–Crippen LogP) is 2.92. The van der Waals surface area contributed by atoms with Crippen LogP contribution in [0.1, 0.15) is 42.5 Å². The van der Waals surface area contributed by atoms with Crippen molar-refractivity contribution < 1.29 is 19.4 Å². The van der Waals surface area contributed by atoms with Crippen molar-refractivity contribution in [3.05, 3.63) is 44.0 Å². The van der Waals surface area contributed by atoms with E-state index in [9.17, 15) is 25.0 Å². The first-order valence-electron chi connectivity index (χ1n) is 8.81. The minimum absolute atomic E-state index is 0.216. The van der Waals surface area contributed by atoms with Gasteiger partial charge in [-0.3, -0.25) is 25.1 Å². The number of ether oxygens (including phenoxy) is 1. The third kappa shape index (κ3) is 3.82. The molecular weight excluding hydrogens is 342 g/mol. The predicted molar refractivity (Wildman–Crippen MR) is 92.0 cm³/mol. The Morgan fingerprint density at radius 1 is 1.12 bits per heavy atom. The molecule has 0 unspecified atom stereocenters. The summed E-state index contributed by atoms with van der Waals surface area (Å²) in [5, 5.41) is 21.9. The van der Waals surface area contributed by atoms with Crippen molar-refractivity contribution in [2.75, 3.05) is 19.7 Å². The lowest BCUT2D eigenvalue weighted by Crippen LogP contribution is -2.49. The number of carbonyl (C=O) groups excluding carboxylic acids is 1. The molecule has 0 spiro atoms. The summed E-state index contributed by atoms with van der Waals surface area (Å²) in [5.41, 5.74) is -1.29. The normalized spacial score (nSPS) is 23.1. The molecule has 1 aromatic carbocycles. The van der Waals surface area contributed by atoms with Gasteiger partial charge in [-0.2, -0.15) is 0 Å². The van der Waals surface area contributed by atoms with E-state index in [4.69, 9.17) is 4.74 Å². The van der Waals surface area contributed by atoms with Gasteiger partial charge >= 0.3 is 5.97 Å². The fourth-order valence-electron chi connectivity index (χ4n) is 3.99. The van der Waals surface area contributed by atoms with Crippen LogP contribution in [0.3, 0.4) is 0 Å². The third-order valence-corrected chi connectivity index (χ3v) is 5.27. The molecule has 2 aliphatic heterocycles. The van der Waals surface area contributed by atoms with Crippen LogP contribution < -0.4 is 0 Å². The second-order valence-electron chi connectivity index (χ2n) is 6.82. The Morgan fingerprint density at radius 2 is 1.88 bits per heavy atom. The van der Waals surface area contributed by atoms with Crippen LogP contribution in [-0.4, -0.2) is 46.5 Å². The first-order chi connectivity index (χ1) is 12.5. The molecule has 0 radical (unpaired) electrons. The number of nitro groups is 2. The number of esters is 1. The van der Waals surface area contributed by atoms with E-state index >= 15 is 0 Å². The highest BCUT2D eigenvalue weighted by molar-refractivity contribution is 5.94. The first-order valence-corrected chi connectivity index (χ1v) is 8.81. The van der Waals surface area contributed by atoms with Crippen LogP contribution in [0.15, 0.2) is 18.2 Å². The number of nitro benzene ring substituents is 2. The molecule has 0 saturated carbocycles. The third-order valence-electron chi connectivity index (χ3n) is 5.27. The summed E-state index contributed by atoms with van der Waals surface area (Å²) in [6, 6.07) is 3.36. The highest BCUT2D eigenvalue weighted by Crippen LogP contribution is 2.31. The Hall–Kier alpha value is -2.55.